The first-order valence-electron chi connectivity index (χ1n) is 8.92. The fourth-order valence-electron chi connectivity index (χ4n) is 3.60. The van der Waals surface area contributed by atoms with E-state index in [1.165, 1.54) is 0 Å². The largest absolute Gasteiger partial charge is 0.330 e. The van der Waals surface area contributed by atoms with Gasteiger partial charge in [-0.2, -0.15) is 0 Å². The van der Waals surface area contributed by atoms with Crippen molar-refractivity contribution >= 4 is 34.9 Å². The summed E-state index contributed by atoms with van der Waals surface area (Å²) in [6, 6.07) is 15.2. The highest BCUT2D eigenvalue weighted by molar-refractivity contribution is 7.78. The monoisotopic (exact) mass is 399 g/mol. The smallest absolute Gasteiger partial charge is 0.254 e. The molecule has 0 aromatic heterocycles. The number of isothiocyanates is 1. The third-order valence-electron chi connectivity index (χ3n) is 4.99. The lowest BCUT2D eigenvalue weighted by molar-refractivity contribution is 0.0426. The van der Waals surface area contributed by atoms with Gasteiger partial charge in [-0.1, -0.05) is 35.9 Å². The molecule has 0 spiro atoms. The summed E-state index contributed by atoms with van der Waals surface area (Å²) < 4.78 is 0. The molecule has 3 rings (SSSR count). The highest BCUT2D eigenvalue weighted by Crippen LogP contribution is 2.28. The molecule has 1 N–H and O–H groups in total. The summed E-state index contributed by atoms with van der Waals surface area (Å²) in [5.74, 6) is 0.0556. The van der Waals surface area contributed by atoms with E-state index in [4.69, 9.17) is 23.8 Å². The van der Waals surface area contributed by atoms with Crippen molar-refractivity contribution in [2.24, 2.45) is 4.99 Å². The molecule has 0 aliphatic carbocycles. The molecule has 0 bridgehead atoms. The Morgan fingerprint density at radius 2 is 2.07 bits per heavy atom. The Morgan fingerprint density at radius 1 is 1.30 bits per heavy atom. The third kappa shape index (κ3) is 4.63. The SMILES string of the molecule is C[C@]1(Cc2cc(Cl)ccc2CN=C=S)CNCCN1C(=O)c1ccccc1. The second-order valence-electron chi connectivity index (χ2n) is 6.99. The summed E-state index contributed by atoms with van der Waals surface area (Å²) >= 11 is 11.0. The van der Waals surface area contributed by atoms with Gasteiger partial charge < -0.3 is 10.2 Å². The van der Waals surface area contributed by atoms with E-state index >= 15 is 0 Å². The maximum Gasteiger partial charge on any atom is 0.254 e. The van der Waals surface area contributed by atoms with Crippen LogP contribution < -0.4 is 5.32 Å². The second kappa shape index (κ2) is 8.77. The first-order valence-corrected chi connectivity index (χ1v) is 9.71. The molecule has 1 saturated heterocycles. The van der Waals surface area contributed by atoms with E-state index in [1.807, 2.05) is 53.4 Å². The van der Waals surface area contributed by atoms with Crippen LogP contribution in [0.2, 0.25) is 5.02 Å². The summed E-state index contributed by atoms with van der Waals surface area (Å²) in [4.78, 5) is 19.2. The van der Waals surface area contributed by atoms with E-state index in [-0.39, 0.29) is 11.4 Å². The summed E-state index contributed by atoms with van der Waals surface area (Å²) in [5.41, 5.74) is 2.47. The minimum absolute atomic E-state index is 0.0556. The number of carbonyl (C=O) groups is 1. The number of thiocarbonyl (C=S) groups is 1. The van der Waals surface area contributed by atoms with Crippen LogP contribution in [0.3, 0.4) is 0 Å². The van der Waals surface area contributed by atoms with Gasteiger partial charge in [-0.3, -0.25) is 4.79 Å². The zero-order chi connectivity index (χ0) is 19.3. The number of aliphatic imine (C=N–C) groups is 1. The Labute approximate surface area is 170 Å². The van der Waals surface area contributed by atoms with Crippen LogP contribution in [0.5, 0.6) is 0 Å². The van der Waals surface area contributed by atoms with Crippen LogP contribution in [0.15, 0.2) is 53.5 Å². The molecule has 1 aliphatic rings. The number of nitrogens with one attached hydrogen (secondary N) is 1. The predicted molar refractivity (Wildman–Crippen MR) is 113 cm³/mol. The van der Waals surface area contributed by atoms with Gasteiger partial charge in [-0.05, 0) is 61.0 Å². The van der Waals surface area contributed by atoms with Gasteiger partial charge in [0.25, 0.3) is 5.91 Å². The lowest BCUT2D eigenvalue weighted by atomic mass is 9.86. The number of halogens is 1. The zero-order valence-corrected chi connectivity index (χ0v) is 16.8. The van der Waals surface area contributed by atoms with Crippen LogP contribution in [-0.2, 0) is 13.0 Å². The van der Waals surface area contributed by atoms with Crippen molar-refractivity contribution in [1.29, 1.82) is 0 Å². The summed E-state index contributed by atoms with van der Waals surface area (Å²) in [6.07, 6.45) is 0.682. The Bertz CT molecular complexity index is 867. The maximum atomic E-state index is 13.2. The fraction of sp³-hybridized carbons (Fsp3) is 0.333. The molecule has 2 aromatic carbocycles. The second-order valence-corrected chi connectivity index (χ2v) is 7.61. The van der Waals surface area contributed by atoms with E-state index in [1.54, 1.807) is 0 Å². The van der Waals surface area contributed by atoms with Crippen LogP contribution in [0.4, 0.5) is 0 Å². The molecule has 4 nitrogen and oxygen atoms in total. The van der Waals surface area contributed by atoms with Crippen molar-refractivity contribution in [2.75, 3.05) is 19.6 Å². The summed E-state index contributed by atoms with van der Waals surface area (Å²) in [5, 5.41) is 6.52. The van der Waals surface area contributed by atoms with Gasteiger partial charge in [-0.15, -0.1) is 0 Å². The summed E-state index contributed by atoms with van der Waals surface area (Å²) in [7, 11) is 0. The van der Waals surface area contributed by atoms with Crippen molar-refractivity contribution in [3.8, 4) is 0 Å². The minimum Gasteiger partial charge on any atom is -0.330 e. The van der Waals surface area contributed by atoms with Gasteiger partial charge in [0.1, 0.15) is 0 Å². The average molecular weight is 400 g/mol. The van der Waals surface area contributed by atoms with E-state index in [9.17, 15) is 4.79 Å². The topological polar surface area (TPSA) is 44.7 Å². The predicted octanol–water partition coefficient (Wildman–Crippen LogP) is 3.99. The van der Waals surface area contributed by atoms with Gasteiger partial charge in [0.05, 0.1) is 17.2 Å². The van der Waals surface area contributed by atoms with Crippen molar-refractivity contribution < 1.29 is 4.79 Å². The first kappa shape index (κ1) is 19.7. The zero-order valence-electron chi connectivity index (χ0n) is 15.2. The van der Waals surface area contributed by atoms with Gasteiger partial charge in [0.2, 0.25) is 0 Å². The molecule has 1 amide bonds. The van der Waals surface area contributed by atoms with Gasteiger partial charge in [0, 0.05) is 30.2 Å². The normalized spacial score (nSPS) is 19.4. The number of rotatable bonds is 5. The standard InChI is InChI=1S/C21H22ClN3OS/c1-21(12-18-11-19(22)8-7-17(18)13-24-15-27)14-23-9-10-25(21)20(26)16-5-3-2-4-6-16/h2-8,11,23H,9-10,12-14H2,1H3/t21-/m0/s1. The van der Waals surface area contributed by atoms with E-state index in [0.29, 0.717) is 36.6 Å². The third-order valence-corrected chi connectivity index (χ3v) is 5.35. The van der Waals surface area contributed by atoms with Crippen molar-refractivity contribution in [1.82, 2.24) is 10.2 Å². The van der Waals surface area contributed by atoms with Crippen LogP contribution in [-0.4, -0.2) is 41.1 Å². The Kier molecular flexibility index (Phi) is 6.40. The van der Waals surface area contributed by atoms with E-state index < -0.39 is 0 Å². The first-order chi connectivity index (χ1) is 13.0. The molecule has 140 valence electrons. The molecule has 0 unspecified atom stereocenters. The highest BCUT2D eigenvalue weighted by atomic mass is 35.5. The molecule has 0 saturated carbocycles. The minimum atomic E-state index is -0.369. The number of nitrogens with zero attached hydrogens (tertiary/aromatic N) is 2. The van der Waals surface area contributed by atoms with Gasteiger partial charge in [-0.25, -0.2) is 4.99 Å². The Hall–Kier alpha value is -2.04. The van der Waals surface area contributed by atoms with Gasteiger partial charge in [0.15, 0.2) is 0 Å². The lowest BCUT2D eigenvalue weighted by Gasteiger charge is -2.45. The molecular weight excluding hydrogens is 378 g/mol. The molecular formula is C21H22ClN3OS. The van der Waals surface area contributed by atoms with Gasteiger partial charge >= 0.3 is 0 Å². The highest BCUT2D eigenvalue weighted by Gasteiger charge is 2.38. The fourth-order valence-corrected chi connectivity index (χ4v) is 3.86. The molecule has 27 heavy (non-hydrogen) atoms. The maximum absolute atomic E-state index is 13.2. The Morgan fingerprint density at radius 3 is 2.81 bits per heavy atom. The molecule has 6 heteroatoms. The van der Waals surface area contributed by atoms with Crippen molar-refractivity contribution in [3.05, 3.63) is 70.2 Å². The van der Waals surface area contributed by atoms with Crippen LogP contribution in [0, 0.1) is 0 Å². The lowest BCUT2D eigenvalue weighted by Crippen LogP contribution is -2.62. The number of hydrogen-bond donors (Lipinski definition) is 1. The molecule has 1 heterocycles. The van der Waals surface area contributed by atoms with Crippen molar-refractivity contribution in [2.45, 2.75) is 25.4 Å². The molecule has 1 aliphatic heterocycles. The summed E-state index contributed by atoms with van der Waals surface area (Å²) in [6.45, 7) is 4.75. The quantitative estimate of drug-likeness (QED) is 0.610. The number of carbonyl (C=O) groups excluding carboxylic acids is 1. The van der Waals surface area contributed by atoms with E-state index in [0.717, 1.165) is 17.7 Å². The van der Waals surface area contributed by atoms with Crippen molar-refractivity contribution in [3.63, 3.8) is 0 Å². The molecule has 1 fully saturated rings. The molecule has 1 atom stereocenters. The molecule has 2 aromatic rings. The Balaban J connectivity index is 1.92. The number of amides is 1. The number of benzene rings is 2. The number of hydrogen-bond acceptors (Lipinski definition) is 4. The number of piperazine rings is 1. The van der Waals surface area contributed by atoms with Crippen LogP contribution in [0.1, 0.15) is 28.4 Å². The van der Waals surface area contributed by atoms with E-state index in [2.05, 4.69) is 22.4 Å². The van der Waals surface area contributed by atoms with Crippen LogP contribution in [0.25, 0.3) is 0 Å². The molecule has 0 radical (unpaired) electrons. The average Bonchev–Trinajstić information content (AvgIpc) is 2.68. The van der Waals surface area contributed by atoms with Crippen LogP contribution >= 0.6 is 23.8 Å².